The van der Waals surface area contributed by atoms with Crippen LogP contribution in [-0.2, 0) is 0 Å². The second kappa shape index (κ2) is 8.09. The molecule has 0 bridgehead atoms. The predicted molar refractivity (Wildman–Crippen MR) is 109 cm³/mol. The number of allylic oxidation sites excluding steroid dienone is 4. The van der Waals surface area contributed by atoms with Gasteiger partial charge >= 0.3 is 0 Å². The van der Waals surface area contributed by atoms with Crippen LogP contribution in [0.5, 0.6) is 0 Å². The highest BCUT2D eigenvalue weighted by atomic mass is 32.2. The molecule has 0 unspecified atom stereocenters. The van der Waals surface area contributed by atoms with Gasteiger partial charge in [0.25, 0.3) is 0 Å². The summed E-state index contributed by atoms with van der Waals surface area (Å²) in [7, 11) is 0.0816. The van der Waals surface area contributed by atoms with E-state index in [0.29, 0.717) is 4.75 Å². The summed E-state index contributed by atoms with van der Waals surface area (Å²) in [6.07, 6.45) is 21.3. The summed E-state index contributed by atoms with van der Waals surface area (Å²) in [5, 5.41) is 1.83. The highest BCUT2D eigenvalue weighted by Crippen LogP contribution is 2.64. The van der Waals surface area contributed by atoms with Crippen LogP contribution in [0.4, 0.5) is 0 Å². The SMILES string of the molecule is CC(C)(C)SC1=C(P(C2CCCCC2)C2CCCCC2)C=CC1. The van der Waals surface area contributed by atoms with Gasteiger partial charge in [-0.15, -0.1) is 11.8 Å². The van der Waals surface area contributed by atoms with Gasteiger partial charge in [-0.1, -0.05) is 79.4 Å². The van der Waals surface area contributed by atoms with E-state index in [-0.39, 0.29) is 7.92 Å². The van der Waals surface area contributed by atoms with Gasteiger partial charge in [-0.05, 0) is 53.6 Å². The van der Waals surface area contributed by atoms with Gasteiger partial charge in [0.1, 0.15) is 0 Å². The number of hydrogen-bond acceptors (Lipinski definition) is 1. The lowest BCUT2D eigenvalue weighted by atomic mass is 9.99. The standard InChI is InChI=1S/C21H35PS/c1-21(2,3)23-20-16-10-15-19(20)22(17-11-6-4-7-12-17)18-13-8-5-9-14-18/h10,15,17-18H,4-9,11-14,16H2,1-3H3. The molecule has 0 aliphatic heterocycles. The Morgan fingerprint density at radius 1 is 0.870 bits per heavy atom. The summed E-state index contributed by atoms with van der Waals surface area (Å²) < 4.78 is 0.354. The first-order valence-corrected chi connectivity index (χ1v) is 12.2. The molecule has 0 saturated heterocycles. The Hall–Kier alpha value is 0.260. The second-order valence-corrected chi connectivity index (χ2v) is 13.3. The Balaban J connectivity index is 1.86. The fraction of sp³-hybridized carbons (Fsp3) is 0.810. The van der Waals surface area contributed by atoms with Gasteiger partial charge in [0, 0.05) is 4.75 Å². The highest BCUT2D eigenvalue weighted by molar-refractivity contribution is 8.04. The Morgan fingerprint density at radius 3 is 1.87 bits per heavy atom. The van der Waals surface area contributed by atoms with Crippen LogP contribution < -0.4 is 0 Å². The lowest BCUT2D eigenvalue weighted by Crippen LogP contribution is -2.21. The average molecular weight is 351 g/mol. The van der Waals surface area contributed by atoms with Crippen LogP contribution in [0.2, 0.25) is 0 Å². The molecule has 3 aliphatic carbocycles. The molecule has 0 heterocycles. The maximum absolute atomic E-state index is 2.56. The normalized spacial score (nSPS) is 24.9. The van der Waals surface area contributed by atoms with Crippen LogP contribution in [0.3, 0.4) is 0 Å². The lowest BCUT2D eigenvalue weighted by molar-refractivity contribution is 0.486. The molecule has 0 aromatic rings. The monoisotopic (exact) mass is 350 g/mol. The third-order valence-corrected chi connectivity index (χ3v) is 10.5. The molecule has 0 spiro atoms. The Kier molecular flexibility index (Phi) is 6.36. The molecule has 0 nitrogen and oxygen atoms in total. The van der Waals surface area contributed by atoms with Gasteiger partial charge < -0.3 is 0 Å². The van der Waals surface area contributed by atoms with Crippen molar-refractivity contribution in [3.05, 3.63) is 22.4 Å². The van der Waals surface area contributed by atoms with E-state index >= 15 is 0 Å². The molecular formula is C21H35PS. The minimum Gasteiger partial charge on any atom is -0.124 e. The van der Waals surface area contributed by atoms with Crippen molar-refractivity contribution in [3.63, 3.8) is 0 Å². The van der Waals surface area contributed by atoms with Crippen molar-refractivity contribution in [2.45, 2.75) is 107 Å². The summed E-state index contributed by atoms with van der Waals surface area (Å²) in [5.41, 5.74) is 2.07. The molecule has 2 heteroatoms. The molecule has 2 saturated carbocycles. The predicted octanol–water partition coefficient (Wildman–Crippen LogP) is 7.84. The molecule has 0 radical (unpaired) electrons. The largest absolute Gasteiger partial charge is 0.124 e. The van der Waals surface area contributed by atoms with Crippen LogP contribution in [0, 0.1) is 0 Å². The molecular weight excluding hydrogens is 315 g/mol. The highest BCUT2D eigenvalue weighted by Gasteiger charge is 2.35. The molecule has 2 fully saturated rings. The molecule has 3 rings (SSSR count). The van der Waals surface area contributed by atoms with Crippen molar-refractivity contribution in [1.82, 2.24) is 0 Å². The van der Waals surface area contributed by atoms with Crippen LogP contribution in [0.25, 0.3) is 0 Å². The van der Waals surface area contributed by atoms with Crippen molar-refractivity contribution in [2.75, 3.05) is 0 Å². The van der Waals surface area contributed by atoms with E-state index in [1.54, 1.807) is 4.91 Å². The first kappa shape index (κ1) is 18.1. The molecule has 0 atom stereocenters. The van der Waals surface area contributed by atoms with Gasteiger partial charge in [-0.25, -0.2) is 0 Å². The van der Waals surface area contributed by atoms with Crippen molar-refractivity contribution in [3.8, 4) is 0 Å². The molecule has 3 aliphatic rings. The number of hydrogen-bond donors (Lipinski definition) is 0. The zero-order chi connectivity index (χ0) is 16.3. The molecule has 23 heavy (non-hydrogen) atoms. The summed E-state index contributed by atoms with van der Waals surface area (Å²) in [6, 6.07) is 0. The van der Waals surface area contributed by atoms with Gasteiger partial charge in [-0.3, -0.25) is 0 Å². The van der Waals surface area contributed by atoms with E-state index in [9.17, 15) is 0 Å². The third-order valence-electron chi connectivity index (χ3n) is 5.51. The molecule has 130 valence electrons. The van der Waals surface area contributed by atoms with Crippen molar-refractivity contribution < 1.29 is 0 Å². The number of rotatable bonds is 4. The van der Waals surface area contributed by atoms with E-state index in [1.807, 2.05) is 5.31 Å². The zero-order valence-electron chi connectivity index (χ0n) is 15.4. The van der Waals surface area contributed by atoms with E-state index in [4.69, 9.17) is 0 Å². The van der Waals surface area contributed by atoms with Gasteiger partial charge in [0.15, 0.2) is 0 Å². The quantitative estimate of drug-likeness (QED) is 0.465. The molecule has 0 N–H and O–H groups in total. The molecule has 0 aromatic carbocycles. The Bertz CT molecular complexity index is 427. The summed E-state index contributed by atoms with van der Waals surface area (Å²) >= 11 is 2.16. The van der Waals surface area contributed by atoms with Crippen LogP contribution in [0.1, 0.15) is 91.4 Å². The van der Waals surface area contributed by atoms with Crippen LogP contribution >= 0.6 is 19.7 Å². The van der Waals surface area contributed by atoms with Crippen LogP contribution in [0.15, 0.2) is 22.4 Å². The van der Waals surface area contributed by atoms with Gasteiger partial charge in [0.2, 0.25) is 0 Å². The molecule has 0 aromatic heterocycles. The van der Waals surface area contributed by atoms with Crippen molar-refractivity contribution in [1.29, 1.82) is 0 Å². The maximum Gasteiger partial charge on any atom is 0.0119 e. The van der Waals surface area contributed by atoms with Crippen molar-refractivity contribution >= 4 is 19.7 Å². The Labute approximate surface area is 149 Å². The summed E-state index contributed by atoms with van der Waals surface area (Å²) in [4.78, 5) is 1.74. The average Bonchev–Trinajstić information content (AvgIpc) is 2.96. The second-order valence-electron chi connectivity index (χ2n) is 8.62. The lowest BCUT2D eigenvalue weighted by Gasteiger charge is -2.39. The van der Waals surface area contributed by atoms with Crippen molar-refractivity contribution in [2.24, 2.45) is 0 Å². The minimum absolute atomic E-state index is 0.0816. The molecule has 0 amide bonds. The smallest absolute Gasteiger partial charge is 0.0119 e. The minimum atomic E-state index is 0.0816. The fourth-order valence-corrected chi connectivity index (χ4v) is 10.0. The number of thioether (sulfide) groups is 1. The summed E-state index contributed by atoms with van der Waals surface area (Å²) in [5.74, 6) is 0. The first-order chi connectivity index (χ1) is 11.0. The summed E-state index contributed by atoms with van der Waals surface area (Å²) in [6.45, 7) is 7.14. The zero-order valence-corrected chi connectivity index (χ0v) is 17.2. The van der Waals surface area contributed by atoms with E-state index in [1.165, 1.54) is 70.6 Å². The fourth-order valence-electron chi connectivity index (χ4n) is 4.58. The maximum atomic E-state index is 2.56. The Morgan fingerprint density at radius 2 is 1.39 bits per heavy atom. The van der Waals surface area contributed by atoms with Gasteiger partial charge in [0.05, 0.1) is 0 Å². The van der Waals surface area contributed by atoms with E-state index in [2.05, 4.69) is 44.7 Å². The topological polar surface area (TPSA) is 0 Å². The van der Waals surface area contributed by atoms with E-state index < -0.39 is 0 Å². The first-order valence-electron chi connectivity index (χ1n) is 9.92. The third kappa shape index (κ3) is 4.88. The van der Waals surface area contributed by atoms with Gasteiger partial charge in [-0.2, -0.15) is 0 Å². The van der Waals surface area contributed by atoms with Crippen LogP contribution in [-0.4, -0.2) is 16.1 Å². The van der Waals surface area contributed by atoms with E-state index in [0.717, 1.165) is 11.3 Å².